The second kappa shape index (κ2) is 7.01. The Morgan fingerprint density at radius 3 is 2.52 bits per heavy atom. The summed E-state index contributed by atoms with van der Waals surface area (Å²) < 4.78 is 32.7. The van der Waals surface area contributed by atoms with Crippen LogP contribution in [0.3, 0.4) is 0 Å². The Morgan fingerprint density at radius 1 is 1.09 bits per heavy atom. The van der Waals surface area contributed by atoms with Crippen LogP contribution in [0.25, 0.3) is 0 Å². The minimum Gasteiger partial charge on any atom is -0.372 e. The monoisotopic (exact) mass is 351 g/mol. The van der Waals surface area contributed by atoms with Gasteiger partial charge in [0.15, 0.2) is 0 Å². The first-order chi connectivity index (χ1) is 11.0. The van der Waals surface area contributed by atoms with E-state index in [1.807, 2.05) is 18.2 Å². The Labute approximate surface area is 141 Å². The maximum Gasteiger partial charge on any atom is 0.215 e. The van der Waals surface area contributed by atoms with Crippen molar-refractivity contribution in [2.24, 2.45) is 0 Å². The molecule has 0 aliphatic carbocycles. The van der Waals surface area contributed by atoms with E-state index in [0.29, 0.717) is 17.2 Å². The first kappa shape index (κ1) is 16.5. The highest BCUT2D eigenvalue weighted by Crippen LogP contribution is 2.20. The molecule has 1 aliphatic heterocycles. The van der Waals surface area contributed by atoms with Crippen LogP contribution in [0.5, 0.6) is 0 Å². The molecule has 0 saturated carbocycles. The third-order valence-corrected chi connectivity index (χ3v) is 5.41. The second-order valence-electron chi connectivity index (χ2n) is 5.64. The predicted molar refractivity (Wildman–Crippen MR) is 90.8 cm³/mol. The minimum atomic E-state index is -3.40. The van der Waals surface area contributed by atoms with Crippen LogP contribution in [0.1, 0.15) is 16.7 Å². The summed E-state index contributed by atoms with van der Waals surface area (Å²) >= 11 is 5.81. The van der Waals surface area contributed by atoms with Crippen LogP contribution < -0.4 is 4.72 Å². The van der Waals surface area contributed by atoms with Gasteiger partial charge in [-0.15, -0.1) is 0 Å². The predicted octanol–water partition coefficient (Wildman–Crippen LogP) is 2.90. The molecule has 0 saturated heterocycles. The number of rotatable bonds is 5. The van der Waals surface area contributed by atoms with Crippen molar-refractivity contribution in [3.63, 3.8) is 0 Å². The van der Waals surface area contributed by atoms with Gasteiger partial charge in [0.05, 0.1) is 18.5 Å². The highest BCUT2D eigenvalue weighted by Gasteiger charge is 2.21. The number of benzene rings is 2. The molecule has 122 valence electrons. The molecule has 0 fully saturated rings. The molecule has 23 heavy (non-hydrogen) atoms. The molecule has 6 heteroatoms. The molecule has 1 aliphatic rings. The van der Waals surface area contributed by atoms with Crippen LogP contribution in [0.2, 0.25) is 5.02 Å². The molecule has 0 aromatic heterocycles. The third kappa shape index (κ3) is 4.54. The molecule has 1 atom stereocenters. The number of nitrogens with one attached hydrogen (secondary N) is 1. The van der Waals surface area contributed by atoms with Crippen LogP contribution in [-0.2, 0) is 33.5 Å². The van der Waals surface area contributed by atoms with E-state index in [-0.39, 0.29) is 18.4 Å². The van der Waals surface area contributed by atoms with Crippen molar-refractivity contribution in [2.45, 2.75) is 24.9 Å². The van der Waals surface area contributed by atoms with Crippen molar-refractivity contribution in [1.82, 2.24) is 4.72 Å². The van der Waals surface area contributed by atoms with E-state index in [0.717, 1.165) is 6.42 Å². The fraction of sp³-hybridized carbons (Fsp3) is 0.294. The number of hydrogen-bond donors (Lipinski definition) is 1. The normalized spacial score (nSPS) is 17.7. The summed E-state index contributed by atoms with van der Waals surface area (Å²) in [6.07, 6.45) is 0.588. The first-order valence-electron chi connectivity index (χ1n) is 7.42. The van der Waals surface area contributed by atoms with Crippen LogP contribution in [0.4, 0.5) is 0 Å². The Morgan fingerprint density at radius 2 is 1.78 bits per heavy atom. The molecule has 0 amide bonds. The van der Waals surface area contributed by atoms with E-state index in [4.69, 9.17) is 16.3 Å². The molecule has 1 N–H and O–H groups in total. The standard InChI is InChI=1S/C17H18ClNO3S/c18-16-7-5-13(6-8-16)12-23(20,21)19-10-17-9-14-3-1-2-4-15(14)11-22-17/h1-8,17,19H,9-12H2. The van der Waals surface area contributed by atoms with Gasteiger partial charge in [0.1, 0.15) is 0 Å². The number of ether oxygens (including phenoxy) is 1. The number of fused-ring (bicyclic) bond motifs is 1. The molecular weight excluding hydrogens is 334 g/mol. The van der Waals surface area contributed by atoms with Gasteiger partial charge in [-0.05, 0) is 28.8 Å². The molecule has 0 radical (unpaired) electrons. The lowest BCUT2D eigenvalue weighted by Crippen LogP contribution is -2.37. The van der Waals surface area contributed by atoms with E-state index in [1.54, 1.807) is 24.3 Å². The second-order valence-corrected chi connectivity index (χ2v) is 7.88. The van der Waals surface area contributed by atoms with E-state index in [1.165, 1.54) is 11.1 Å². The van der Waals surface area contributed by atoms with Crippen molar-refractivity contribution in [3.8, 4) is 0 Å². The van der Waals surface area contributed by atoms with Gasteiger partial charge >= 0.3 is 0 Å². The fourth-order valence-electron chi connectivity index (χ4n) is 2.61. The molecular formula is C17H18ClNO3S. The summed E-state index contributed by atoms with van der Waals surface area (Å²) in [6, 6.07) is 14.9. The topological polar surface area (TPSA) is 55.4 Å². The molecule has 0 bridgehead atoms. The highest BCUT2D eigenvalue weighted by molar-refractivity contribution is 7.88. The van der Waals surface area contributed by atoms with Crippen molar-refractivity contribution in [3.05, 3.63) is 70.2 Å². The van der Waals surface area contributed by atoms with Gasteiger partial charge in [-0.3, -0.25) is 0 Å². The third-order valence-electron chi connectivity index (χ3n) is 3.84. The van der Waals surface area contributed by atoms with Crippen molar-refractivity contribution < 1.29 is 13.2 Å². The van der Waals surface area contributed by atoms with Crippen LogP contribution in [-0.4, -0.2) is 21.1 Å². The van der Waals surface area contributed by atoms with E-state index in [2.05, 4.69) is 10.8 Å². The van der Waals surface area contributed by atoms with Gasteiger partial charge in [-0.1, -0.05) is 48.0 Å². The van der Waals surface area contributed by atoms with Gasteiger partial charge in [0.25, 0.3) is 0 Å². The number of sulfonamides is 1. The fourth-order valence-corrected chi connectivity index (χ4v) is 3.91. The lowest BCUT2D eigenvalue weighted by molar-refractivity contribution is 0.0322. The molecule has 1 heterocycles. The van der Waals surface area contributed by atoms with E-state index < -0.39 is 10.0 Å². The van der Waals surface area contributed by atoms with Crippen LogP contribution in [0, 0.1) is 0 Å². The zero-order valence-corrected chi connectivity index (χ0v) is 14.1. The Kier molecular flexibility index (Phi) is 5.02. The zero-order chi connectivity index (χ0) is 16.3. The maximum atomic E-state index is 12.2. The minimum absolute atomic E-state index is 0.0620. The van der Waals surface area contributed by atoms with Gasteiger partial charge < -0.3 is 4.74 Å². The lowest BCUT2D eigenvalue weighted by Gasteiger charge is -2.25. The van der Waals surface area contributed by atoms with Gasteiger partial charge in [-0.2, -0.15) is 0 Å². The SMILES string of the molecule is O=S(=O)(Cc1ccc(Cl)cc1)NCC1Cc2ccccc2CO1. The molecule has 2 aromatic carbocycles. The van der Waals surface area contributed by atoms with E-state index >= 15 is 0 Å². The van der Waals surface area contributed by atoms with Crippen molar-refractivity contribution >= 4 is 21.6 Å². The quantitative estimate of drug-likeness (QED) is 0.901. The average molecular weight is 352 g/mol. The smallest absolute Gasteiger partial charge is 0.215 e. The molecule has 2 aromatic rings. The number of hydrogen-bond acceptors (Lipinski definition) is 3. The Bertz CT molecular complexity index is 775. The summed E-state index contributed by atoms with van der Waals surface area (Å²) in [7, 11) is -3.40. The first-order valence-corrected chi connectivity index (χ1v) is 9.45. The van der Waals surface area contributed by atoms with Crippen molar-refractivity contribution in [1.29, 1.82) is 0 Å². The Hall–Kier alpha value is -1.40. The maximum absolute atomic E-state index is 12.2. The van der Waals surface area contributed by atoms with Gasteiger partial charge in [-0.25, -0.2) is 13.1 Å². The summed E-state index contributed by atoms with van der Waals surface area (Å²) in [4.78, 5) is 0. The molecule has 3 rings (SSSR count). The Balaban J connectivity index is 1.56. The molecule has 1 unspecified atom stereocenters. The molecule has 0 spiro atoms. The summed E-state index contributed by atoms with van der Waals surface area (Å²) in [5.74, 6) is -0.0620. The summed E-state index contributed by atoms with van der Waals surface area (Å²) in [6.45, 7) is 0.810. The molecule has 4 nitrogen and oxygen atoms in total. The van der Waals surface area contributed by atoms with Crippen LogP contribution >= 0.6 is 11.6 Å². The highest BCUT2D eigenvalue weighted by atomic mass is 35.5. The average Bonchev–Trinajstić information content (AvgIpc) is 2.55. The summed E-state index contributed by atoms with van der Waals surface area (Å²) in [5.41, 5.74) is 3.10. The largest absolute Gasteiger partial charge is 0.372 e. The van der Waals surface area contributed by atoms with Gasteiger partial charge in [0, 0.05) is 18.0 Å². The zero-order valence-electron chi connectivity index (χ0n) is 12.5. The van der Waals surface area contributed by atoms with Gasteiger partial charge in [0.2, 0.25) is 10.0 Å². The lowest BCUT2D eigenvalue weighted by atomic mass is 9.99. The number of halogens is 1. The van der Waals surface area contributed by atoms with E-state index in [9.17, 15) is 8.42 Å². The van der Waals surface area contributed by atoms with Crippen molar-refractivity contribution in [2.75, 3.05) is 6.54 Å². The van der Waals surface area contributed by atoms with Crippen LogP contribution in [0.15, 0.2) is 48.5 Å². The summed E-state index contributed by atoms with van der Waals surface area (Å²) in [5, 5.41) is 0.591.